The van der Waals surface area contributed by atoms with E-state index in [9.17, 15) is 4.79 Å². The molecule has 5 nitrogen and oxygen atoms in total. The zero-order chi connectivity index (χ0) is 14.1. The molecule has 0 fully saturated rings. The second-order valence-corrected chi connectivity index (χ2v) is 5.56. The maximum Gasteiger partial charge on any atom is 0.305 e. The normalized spacial score (nSPS) is 10.6. The summed E-state index contributed by atoms with van der Waals surface area (Å²) in [4.78, 5) is 12.8. The summed E-state index contributed by atoms with van der Waals surface area (Å²) in [5.41, 5.74) is 0. The Labute approximate surface area is 118 Å². The lowest BCUT2D eigenvalue weighted by atomic mass is 10.2. The number of unbranched alkanes of at least 4 members (excludes halogenated alkanes) is 3. The van der Waals surface area contributed by atoms with Crippen LogP contribution in [0, 0.1) is 0 Å². The number of anilines is 1. The average Bonchev–Trinajstić information content (AvgIpc) is 2.86. The van der Waals surface area contributed by atoms with Crippen molar-refractivity contribution in [1.29, 1.82) is 0 Å². The summed E-state index contributed by atoms with van der Waals surface area (Å²) in [5.74, 6) is -0.765. The van der Waals surface area contributed by atoms with E-state index in [1.54, 1.807) is 11.3 Å². The zero-order valence-electron chi connectivity index (χ0n) is 11.8. The highest BCUT2D eigenvalue weighted by Crippen LogP contribution is 2.21. The number of hydrogen-bond donors (Lipinski definition) is 1. The predicted octanol–water partition coefficient (Wildman–Crippen LogP) is 2.96. The minimum absolute atomic E-state index is 0.148. The molecule has 1 aromatic heterocycles. The van der Waals surface area contributed by atoms with E-state index in [0.29, 0.717) is 6.54 Å². The van der Waals surface area contributed by atoms with Crippen molar-refractivity contribution in [3.8, 4) is 0 Å². The molecule has 1 rings (SSSR count). The van der Waals surface area contributed by atoms with Gasteiger partial charge >= 0.3 is 5.97 Å². The molecule has 0 bridgehead atoms. The molecule has 0 aliphatic heterocycles. The van der Waals surface area contributed by atoms with Gasteiger partial charge in [0.1, 0.15) is 5.01 Å². The highest BCUT2D eigenvalue weighted by atomic mass is 32.1. The van der Waals surface area contributed by atoms with Crippen molar-refractivity contribution in [2.45, 2.75) is 52.4 Å². The standard InChI is InChI=1S/C13H23N3O2S/c1-3-5-6-7-9-16(10-8-12(17)18)13-15-14-11(4-2)19-13/h3-10H2,1-2H3,(H,17,18). The molecule has 19 heavy (non-hydrogen) atoms. The second kappa shape index (κ2) is 8.85. The first-order valence-electron chi connectivity index (χ1n) is 6.96. The van der Waals surface area contributed by atoms with Gasteiger partial charge in [0.25, 0.3) is 0 Å². The molecule has 0 aliphatic rings. The average molecular weight is 285 g/mol. The summed E-state index contributed by atoms with van der Waals surface area (Å²) in [5, 5.41) is 18.9. The quantitative estimate of drug-likeness (QED) is 0.669. The van der Waals surface area contributed by atoms with Crippen molar-refractivity contribution in [3.05, 3.63) is 5.01 Å². The lowest BCUT2D eigenvalue weighted by Gasteiger charge is -2.20. The van der Waals surface area contributed by atoms with E-state index < -0.39 is 5.97 Å². The Balaban J connectivity index is 2.54. The van der Waals surface area contributed by atoms with Gasteiger partial charge in [0.15, 0.2) is 0 Å². The van der Waals surface area contributed by atoms with Crippen LogP contribution >= 0.6 is 11.3 Å². The van der Waals surface area contributed by atoms with Gasteiger partial charge in [0.2, 0.25) is 5.13 Å². The number of rotatable bonds is 10. The fourth-order valence-corrected chi connectivity index (χ4v) is 2.61. The molecule has 0 amide bonds. The minimum Gasteiger partial charge on any atom is -0.481 e. The zero-order valence-corrected chi connectivity index (χ0v) is 12.6. The van der Waals surface area contributed by atoms with Gasteiger partial charge in [0, 0.05) is 13.1 Å². The topological polar surface area (TPSA) is 66.3 Å². The SMILES string of the molecule is CCCCCCN(CCC(=O)O)c1nnc(CC)s1. The van der Waals surface area contributed by atoms with E-state index in [1.165, 1.54) is 19.3 Å². The van der Waals surface area contributed by atoms with E-state index >= 15 is 0 Å². The van der Waals surface area contributed by atoms with Crippen LogP contribution in [0.25, 0.3) is 0 Å². The molecule has 1 N–H and O–H groups in total. The number of aromatic nitrogens is 2. The van der Waals surface area contributed by atoms with E-state index in [1.807, 2.05) is 6.92 Å². The summed E-state index contributed by atoms with van der Waals surface area (Å²) in [6, 6.07) is 0. The van der Waals surface area contributed by atoms with Crippen LogP contribution in [0.1, 0.15) is 51.0 Å². The maximum atomic E-state index is 10.7. The first-order chi connectivity index (χ1) is 9.17. The third kappa shape index (κ3) is 6.00. The maximum absolute atomic E-state index is 10.7. The fraction of sp³-hybridized carbons (Fsp3) is 0.769. The molecular formula is C13H23N3O2S. The predicted molar refractivity (Wildman–Crippen MR) is 77.9 cm³/mol. The molecule has 0 saturated carbocycles. The van der Waals surface area contributed by atoms with Crippen molar-refractivity contribution in [1.82, 2.24) is 10.2 Å². The van der Waals surface area contributed by atoms with Crippen LogP contribution in [-0.2, 0) is 11.2 Å². The van der Waals surface area contributed by atoms with Crippen LogP contribution in [0.4, 0.5) is 5.13 Å². The third-order valence-corrected chi connectivity index (χ3v) is 4.03. The molecule has 0 aromatic carbocycles. The van der Waals surface area contributed by atoms with Gasteiger partial charge in [-0.3, -0.25) is 4.79 Å². The monoisotopic (exact) mass is 285 g/mol. The smallest absolute Gasteiger partial charge is 0.305 e. The number of carboxylic acids is 1. The van der Waals surface area contributed by atoms with Gasteiger partial charge in [-0.2, -0.15) is 0 Å². The third-order valence-electron chi connectivity index (χ3n) is 2.91. The number of aliphatic carboxylic acids is 1. The number of carbonyl (C=O) groups is 1. The highest BCUT2D eigenvalue weighted by Gasteiger charge is 2.13. The molecule has 0 saturated heterocycles. The molecule has 6 heteroatoms. The van der Waals surface area contributed by atoms with Crippen LogP contribution < -0.4 is 4.90 Å². The summed E-state index contributed by atoms with van der Waals surface area (Å²) in [6.45, 7) is 5.61. The number of aryl methyl sites for hydroxylation is 1. The summed E-state index contributed by atoms with van der Waals surface area (Å²) in [7, 11) is 0. The molecule has 0 spiro atoms. The largest absolute Gasteiger partial charge is 0.481 e. The van der Waals surface area contributed by atoms with Crippen LogP contribution in [0.5, 0.6) is 0 Å². The molecule has 1 aromatic rings. The Kier molecular flexibility index (Phi) is 7.40. The summed E-state index contributed by atoms with van der Waals surface area (Å²) in [6.07, 6.45) is 5.71. The van der Waals surface area contributed by atoms with Crippen molar-refractivity contribution < 1.29 is 9.90 Å². The minimum atomic E-state index is -0.765. The molecular weight excluding hydrogens is 262 g/mol. The molecule has 0 aliphatic carbocycles. The Bertz CT molecular complexity index is 382. The molecule has 108 valence electrons. The van der Waals surface area contributed by atoms with Crippen molar-refractivity contribution in [2.75, 3.05) is 18.0 Å². The van der Waals surface area contributed by atoms with Gasteiger partial charge in [-0.15, -0.1) is 10.2 Å². The summed E-state index contributed by atoms with van der Waals surface area (Å²) < 4.78 is 0. The first kappa shape index (κ1) is 15.9. The van der Waals surface area contributed by atoms with Crippen LogP contribution in [0.3, 0.4) is 0 Å². The van der Waals surface area contributed by atoms with Gasteiger partial charge in [0.05, 0.1) is 6.42 Å². The highest BCUT2D eigenvalue weighted by molar-refractivity contribution is 7.15. The Morgan fingerprint density at radius 3 is 2.58 bits per heavy atom. The van der Waals surface area contributed by atoms with Gasteiger partial charge in [-0.05, 0) is 12.8 Å². The van der Waals surface area contributed by atoms with E-state index in [-0.39, 0.29) is 6.42 Å². The number of carboxylic acid groups (broad SMARTS) is 1. The van der Waals surface area contributed by atoms with Crippen LogP contribution in [-0.4, -0.2) is 34.4 Å². The Morgan fingerprint density at radius 2 is 2.00 bits per heavy atom. The molecule has 0 radical (unpaired) electrons. The second-order valence-electron chi connectivity index (χ2n) is 4.52. The molecule has 0 atom stereocenters. The fourth-order valence-electron chi connectivity index (χ4n) is 1.78. The van der Waals surface area contributed by atoms with Gasteiger partial charge in [-0.1, -0.05) is 44.4 Å². The molecule has 1 heterocycles. The van der Waals surface area contributed by atoms with E-state index in [0.717, 1.165) is 29.5 Å². The molecule has 0 unspecified atom stereocenters. The lowest BCUT2D eigenvalue weighted by molar-refractivity contribution is -0.136. The van der Waals surface area contributed by atoms with Crippen LogP contribution in [0.15, 0.2) is 0 Å². The lowest BCUT2D eigenvalue weighted by Crippen LogP contribution is -2.27. The van der Waals surface area contributed by atoms with Crippen molar-refractivity contribution in [2.24, 2.45) is 0 Å². The number of hydrogen-bond acceptors (Lipinski definition) is 5. The number of nitrogens with zero attached hydrogens (tertiary/aromatic N) is 3. The first-order valence-corrected chi connectivity index (χ1v) is 7.78. The van der Waals surface area contributed by atoms with Crippen molar-refractivity contribution in [3.63, 3.8) is 0 Å². The van der Waals surface area contributed by atoms with Gasteiger partial charge < -0.3 is 10.0 Å². The summed E-state index contributed by atoms with van der Waals surface area (Å²) >= 11 is 1.57. The van der Waals surface area contributed by atoms with E-state index in [4.69, 9.17) is 5.11 Å². The van der Waals surface area contributed by atoms with Crippen LogP contribution in [0.2, 0.25) is 0 Å². The Hall–Kier alpha value is -1.17. The van der Waals surface area contributed by atoms with Gasteiger partial charge in [-0.25, -0.2) is 0 Å². The Morgan fingerprint density at radius 1 is 1.21 bits per heavy atom. The van der Waals surface area contributed by atoms with Crippen molar-refractivity contribution >= 4 is 22.4 Å². The van der Waals surface area contributed by atoms with E-state index in [2.05, 4.69) is 22.0 Å².